The molecule has 2 aromatic rings. The number of ether oxygens (including phenoxy) is 1. The minimum atomic E-state index is 0.0233. The topological polar surface area (TPSA) is 38.3 Å². The molecule has 0 bridgehead atoms. The Morgan fingerprint density at radius 2 is 1.91 bits per heavy atom. The van der Waals surface area contributed by atoms with E-state index in [1.54, 1.807) is 18.9 Å². The van der Waals surface area contributed by atoms with Crippen LogP contribution in [-0.4, -0.2) is 18.8 Å². The number of amides is 1. The van der Waals surface area contributed by atoms with Crippen LogP contribution >= 0.6 is 11.8 Å². The number of methoxy groups -OCH3 is 1. The van der Waals surface area contributed by atoms with Crippen molar-refractivity contribution in [3.8, 4) is 5.75 Å². The molecule has 0 radical (unpaired) electrons. The zero-order valence-electron chi connectivity index (χ0n) is 13.8. The van der Waals surface area contributed by atoms with Crippen LogP contribution in [0.5, 0.6) is 5.75 Å². The molecule has 23 heavy (non-hydrogen) atoms. The van der Waals surface area contributed by atoms with Crippen molar-refractivity contribution in [1.82, 2.24) is 0 Å². The molecule has 0 aliphatic rings. The highest BCUT2D eigenvalue weighted by atomic mass is 32.2. The number of benzene rings is 2. The summed E-state index contributed by atoms with van der Waals surface area (Å²) in [6.07, 6.45) is 0. The third kappa shape index (κ3) is 5.64. The van der Waals surface area contributed by atoms with Crippen molar-refractivity contribution in [3.05, 3.63) is 59.7 Å². The number of nitrogens with one attached hydrogen (secondary N) is 1. The lowest BCUT2D eigenvalue weighted by Gasteiger charge is -2.08. The van der Waals surface area contributed by atoms with Gasteiger partial charge in [0.25, 0.3) is 0 Å². The van der Waals surface area contributed by atoms with Crippen LogP contribution < -0.4 is 10.1 Å². The third-order valence-corrected chi connectivity index (χ3v) is 4.50. The molecule has 1 N–H and O–H groups in total. The highest BCUT2D eigenvalue weighted by molar-refractivity contribution is 7.99. The second-order valence-electron chi connectivity index (χ2n) is 5.67. The molecule has 0 spiro atoms. The van der Waals surface area contributed by atoms with Gasteiger partial charge in [-0.2, -0.15) is 0 Å². The summed E-state index contributed by atoms with van der Waals surface area (Å²) in [6.45, 7) is 4.31. The molecule has 0 fully saturated rings. The van der Waals surface area contributed by atoms with E-state index < -0.39 is 0 Å². The summed E-state index contributed by atoms with van der Waals surface area (Å²) in [4.78, 5) is 12.0. The Hall–Kier alpha value is -1.94. The molecule has 0 saturated heterocycles. The molecule has 1 amide bonds. The van der Waals surface area contributed by atoms with Crippen LogP contribution in [0.25, 0.3) is 0 Å². The van der Waals surface area contributed by atoms with Crippen molar-refractivity contribution < 1.29 is 9.53 Å². The average molecular weight is 329 g/mol. The van der Waals surface area contributed by atoms with Crippen LogP contribution in [0.3, 0.4) is 0 Å². The van der Waals surface area contributed by atoms with E-state index in [2.05, 4.69) is 31.3 Å². The van der Waals surface area contributed by atoms with Crippen LogP contribution in [-0.2, 0) is 10.5 Å². The summed E-state index contributed by atoms with van der Waals surface area (Å²) >= 11 is 1.59. The fraction of sp³-hybridized carbons (Fsp3) is 0.316. The second kappa shape index (κ2) is 8.63. The Kier molecular flexibility index (Phi) is 6.53. The molecule has 0 aromatic heterocycles. The molecular weight excluding hydrogens is 306 g/mol. The van der Waals surface area contributed by atoms with Crippen LogP contribution in [0.2, 0.25) is 0 Å². The average Bonchev–Trinajstić information content (AvgIpc) is 2.55. The Bertz CT molecular complexity index is 638. The SMILES string of the molecule is COc1cccc(CSCC(=O)Nc2ccc(C(C)C)cc2)c1. The van der Waals surface area contributed by atoms with E-state index in [-0.39, 0.29) is 5.91 Å². The molecule has 122 valence electrons. The summed E-state index contributed by atoms with van der Waals surface area (Å²) in [5, 5.41) is 2.93. The van der Waals surface area contributed by atoms with E-state index in [1.165, 1.54) is 5.56 Å². The molecule has 0 aliphatic carbocycles. The number of carbonyl (C=O) groups is 1. The highest BCUT2D eigenvalue weighted by Gasteiger charge is 2.05. The van der Waals surface area contributed by atoms with Crippen LogP contribution in [0.4, 0.5) is 5.69 Å². The number of hydrogen-bond acceptors (Lipinski definition) is 3. The summed E-state index contributed by atoms with van der Waals surface area (Å²) < 4.78 is 5.20. The van der Waals surface area contributed by atoms with E-state index >= 15 is 0 Å². The first kappa shape index (κ1) is 17.4. The largest absolute Gasteiger partial charge is 0.497 e. The molecule has 0 heterocycles. The lowest BCUT2D eigenvalue weighted by Crippen LogP contribution is -2.14. The lowest BCUT2D eigenvalue weighted by atomic mass is 10.0. The smallest absolute Gasteiger partial charge is 0.234 e. The molecule has 2 aromatic carbocycles. The van der Waals surface area contributed by atoms with Crippen LogP contribution in [0.15, 0.2) is 48.5 Å². The molecule has 0 unspecified atom stereocenters. The van der Waals surface area contributed by atoms with Crippen LogP contribution in [0, 0.1) is 0 Å². The molecule has 0 saturated carbocycles. The number of rotatable bonds is 7. The summed E-state index contributed by atoms with van der Waals surface area (Å²) in [7, 11) is 1.66. The van der Waals surface area contributed by atoms with Gasteiger partial charge in [0.15, 0.2) is 0 Å². The van der Waals surface area contributed by atoms with E-state index in [1.807, 2.05) is 36.4 Å². The first-order chi connectivity index (χ1) is 11.1. The predicted molar refractivity (Wildman–Crippen MR) is 98.3 cm³/mol. The van der Waals surface area contributed by atoms with Crippen molar-refractivity contribution in [3.63, 3.8) is 0 Å². The van der Waals surface area contributed by atoms with Gasteiger partial charge in [-0.1, -0.05) is 38.1 Å². The lowest BCUT2D eigenvalue weighted by molar-refractivity contribution is -0.113. The molecule has 3 nitrogen and oxygen atoms in total. The maximum absolute atomic E-state index is 12.0. The van der Waals surface area contributed by atoms with Crippen molar-refractivity contribution >= 4 is 23.4 Å². The summed E-state index contributed by atoms with van der Waals surface area (Å²) in [6, 6.07) is 16.0. The van der Waals surface area contributed by atoms with E-state index in [4.69, 9.17) is 4.74 Å². The van der Waals surface area contributed by atoms with Gasteiger partial charge in [-0.3, -0.25) is 4.79 Å². The zero-order chi connectivity index (χ0) is 16.7. The minimum Gasteiger partial charge on any atom is -0.497 e. The number of thioether (sulfide) groups is 1. The molecular formula is C19H23NO2S. The summed E-state index contributed by atoms with van der Waals surface area (Å²) in [5.74, 6) is 2.59. The zero-order valence-corrected chi connectivity index (χ0v) is 14.7. The molecule has 2 rings (SSSR count). The van der Waals surface area contributed by atoms with Gasteiger partial charge in [-0.25, -0.2) is 0 Å². The fourth-order valence-corrected chi connectivity index (χ4v) is 2.95. The maximum atomic E-state index is 12.0. The Morgan fingerprint density at radius 1 is 1.17 bits per heavy atom. The van der Waals surface area contributed by atoms with Gasteiger partial charge in [0.2, 0.25) is 5.91 Å². The monoisotopic (exact) mass is 329 g/mol. The van der Waals surface area contributed by atoms with Gasteiger partial charge in [-0.05, 0) is 41.3 Å². The molecule has 0 atom stereocenters. The first-order valence-electron chi connectivity index (χ1n) is 7.69. The van der Waals surface area contributed by atoms with Crippen molar-refractivity contribution in [2.45, 2.75) is 25.5 Å². The quantitative estimate of drug-likeness (QED) is 0.801. The van der Waals surface area contributed by atoms with Crippen molar-refractivity contribution in [1.29, 1.82) is 0 Å². The van der Waals surface area contributed by atoms with Gasteiger partial charge in [0.1, 0.15) is 5.75 Å². The van der Waals surface area contributed by atoms with E-state index in [0.29, 0.717) is 11.7 Å². The van der Waals surface area contributed by atoms with Gasteiger partial charge < -0.3 is 10.1 Å². The third-order valence-electron chi connectivity index (χ3n) is 3.50. The van der Waals surface area contributed by atoms with Crippen molar-refractivity contribution in [2.75, 3.05) is 18.2 Å². The van der Waals surface area contributed by atoms with Gasteiger partial charge in [0.05, 0.1) is 12.9 Å². The summed E-state index contributed by atoms with van der Waals surface area (Å²) in [5.41, 5.74) is 3.28. The van der Waals surface area contributed by atoms with E-state index in [9.17, 15) is 4.79 Å². The Labute approximate surface area is 142 Å². The predicted octanol–water partition coefficient (Wildman–Crippen LogP) is 4.69. The number of anilines is 1. The normalized spacial score (nSPS) is 10.6. The van der Waals surface area contributed by atoms with Crippen LogP contribution in [0.1, 0.15) is 30.9 Å². The van der Waals surface area contributed by atoms with Gasteiger partial charge in [-0.15, -0.1) is 11.8 Å². The fourth-order valence-electron chi connectivity index (χ4n) is 2.17. The molecule has 0 aliphatic heterocycles. The van der Waals surface area contributed by atoms with Gasteiger partial charge >= 0.3 is 0 Å². The standard InChI is InChI=1S/C19H23NO2S/c1-14(2)16-7-9-17(10-8-16)20-19(21)13-23-12-15-5-4-6-18(11-15)22-3/h4-11,14H,12-13H2,1-3H3,(H,20,21). The maximum Gasteiger partial charge on any atom is 0.234 e. The van der Waals surface area contributed by atoms with Crippen molar-refractivity contribution in [2.24, 2.45) is 0 Å². The van der Waals surface area contributed by atoms with E-state index in [0.717, 1.165) is 22.8 Å². The Morgan fingerprint density at radius 3 is 2.57 bits per heavy atom. The van der Waals surface area contributed by atoms with Gasteiger partial charge in [0, 0.05) is 11.4 Å². The minimum absolute atomic E-state index is 0.0233. The molecule has 4 heteroatoms. The number of hydrogen-bond donors (Lipinski definition) is 1. The second-order valence-corrected chi connectivity index (χ2v) is 6.65. The first-order valence-corrected chi connectivity index (χ1v) is 8.84. The highest BCUT2D eigenvalue weighted by Crippen LogP contribution is 2.19. The Balaban J connectivity index is 1.78. The number of carbonyl (C=O) groups excluding carboxylic acids is 1.